The van der Waals surface area contributed by atoms with Crippen LogP contribution >= 0.6 is 0 Å². The molecule has 1 saturated heterocycles. The molecule has 2 aromatic heterocycles. The van der Waals surface area contributed by atoms with Gasteiger partial charge in [-0.25, -0.2) is 18.4 Å². The van der Waals surface area contributed by atoms with Crippen molar-refractivity contribution >= 4 is 44.0 Å². The summed E-state index contributed by atoms with van der Waals surface area (Å²) in [6.07, 6.45) is 5.18. The van der Waals surface area contributed by atoms with Gasteiger partial charge in [0.25, 0.3) is 0 Å². The van der Waals surface area contributed by atoms with Gasteiger partial charge in [-0.1, -0.05) is 12.1 Å². The summed E-state index contributed by atoms with van der Waals surface area (Å²) >= 11 is 0. The number of nitrogens with zero attached hydrogens (tertiary/aromatic N) is 5. The molecule has 1 aliphatic heterocycles. The number of para-hydroxylation sites is 1. The molecule has 9 nitrogen and oxygen atoms in total. The third-order valence-corrected chi connectivity index (χ3v) is 7.96. The second kappa shape index (κ2) is 11.0. The van der Waals surface area contributed by atoms with Crippen LogP contribution in [0.5, 0.6) is 5.75 Å². The molecule has 38 heavy (non-hydrogen) atoms. The Morgan fingerprint density at radius 2 is 1.71 bits per heavy atom. The van der Waals surface area contributed by atoms with E-state index in [2.05, 4.69) is 15.0 Å². The maximum absolute atomic E-state index is 11.9. The Bertz CT molecular complexity index is 1590. The van der Waals surface area contributed by atoms with Gasteiger partial charge in [0.05, 0.1) is 17.0 Å². The minimum absolute atomic E-state index is 0.119. The standard InChI is InChI=1S/C28H28N6O3S/c1-30-18-24(20-10-12-31-13-11-20)27(29)21-6-8-22(9-7-21)37-19-26-32-25-5-3-2-4-23(25)28(33-26)34-14-16-38(35,36)17-15-34/h2-13,18H,14-17,19,29H2,1H3/b27-24+,30-18?. The van der Waals surface area contributed by atoms with Crippen molar-refractivity contribution in [3.05, 3.63) is 90.0 Å². The number of aromatic nitrogens is 3. The predicted octanol–water partition coefficient (Wildman–Crippen LogP) is 3.37. The van der Waals surface area contributed by atoms with E-state index in [-0.39, 0.29) is 18.1 Å². The molecular formula is C28H28N6O3S. The van der Waals surface area contributed by atoms with Crippen molar-refractivity contribution in [1.29, 1.82) is 0 Å². The first kappa shape index (κ1) is 25.3. The second-order valence-corrected chi connectivity index (χ2v) is 11.2. The lowest BCUT2D eigenvalue weighted by atomic mass is 10.0. The molecule has 5 rings (SSSR count). The van der Waals surface area contributed by atoms with Gasteiger partial charge in [-0.3, -0.25) is 9.98 Å². The topological polar surface area (TPSA) is 124 Å². The molecule has 0 bridgehead atoms. The van der Waals surface area contributed by atoms with E-state index in [9.17, 15) is 8.42 Å². The first-order valence-electron chi connectivity index (χ1n) is 12.2. The number of hydrogen-bond donors (Lipinski definition) is 1. The molecule has 0 saturated carbocycles. The number of sulfone groups is 1. The van der Waals surface area contributed by atoms with Crippen LogP contribution in [0.25, 0.3) is 22.2 Å². The molecule has 3 heterocycles. The monoisotopic (exact) mass is 528 g/mol. The summed E-state index contributed by atoms with van der Waals surface area (Å²) in [5, 5.41) is 0.891. The Morgan fingerprint density at radius 3 is 2.42 bits per heavy atom. The van der Waals surface area contributed by atoms with E-state index in [1.165, 1.54) is 0 Å². The molecule has 4 aromatic rings. The number of nitrogens with two attached hydrogens (primary N) is 1. The van der Waals surface area contributed by atoms with E-state index in [1.54, 1.807) is 25.7 Å². The quantitative estimate of drug-likeness (QED) is 0.362. The van der Waals surface area contributed by atoms with Crippen molar-refractivity contribution < 1.29 is 13.2 Å². The minimum atomic E-state index is -3.00. The predicted molar refractivity (Wildman–Crippen MR) is 151 cm³/mol. The summed E-state index contributed by atoms with van der Waals surface area (Å²) < 4.78 is 29.9. The van der Waals surface area contributed by atoms with Crippen LogP contribution < -0.4 is 15.4 Å². The van der Waals surface area contributed by atoms with Crippen LogP contribution in [0.4, 0.5) is 5.82 Å². The molecule has 2 aromatic carbocycles. The fourth-order valence-corrected chi connectivity index (χ4v) is 5.53. The normalized spacial score (nSPS) is 16.0. The molecule has 0 atom stereocenters. The lowest BCUT2D eigenvalue weighted by molar-refractivity contribution is 0.296. The van der Waals surface area contributed by atoms with E-state index in [0.29, 0.717) is 30.4 Å². The SMILES string of the molecule is CN=C/C(=C(\N)c1ccc(OCc2nc(N3CCS(=O)(=O)CC3)c3ccccc3n2)cc1)c1ccncc1. The van der Waals surface area contributed by atoms with Crippen molar-refractivity contribution in [2.45, 2.75) is 6.61 Å². The van der Waals surface area contributed by atoms with Gasteiger partial charge in [-0.15, -0.1) is 0 Å². The Kier molecular flexibility index (Phi) is 7.32. The van der Waals surface area contributed by atoms with E-state index in [0.717, 1.165) is 33.4 Å². The molecule has 0 spiro atoms. The van der Waals surface area contributed by atoms with Crippen molar-refractivity contribution in [2.24, 2.45) is 10.7 Å². The van der Waals surface area contributed by atoms with Crippen molar-refractivity contribution in [1.82, 2.24) is 15.0 Å². The Labute approximate surface area is 221 Å². The number of hydrogen-bond acceptors (Lipinski definition) is 9. The van der Waals surface area contributed by atoms with Gasteiger partial charge in [0.1, 0.15) is 18.2 Å². The molecule has 194 valence electrons. The molecule has 1 fully saturated rings. The van der Waals surface area contributed by atoms with Crippen LogP contribution in [0, 0.1) is 0 Å². The van der Waals surface area contributed by atoms with Gasteiger partial charge < -0.3 is 15.4 Å². The number of benzene rings is 2. The minimum Gasteiger partial charge on any atom is -0.486 e. The van der Waals surface area contributed by atoms with E-state index in [4.69, 9.17) is 15.5 Å². The molecule has 10 heteroatoms. The molecule has 2 N–H and O–H groups in total. The van der Waals surface area contributed by atoms with Gasteiger partial charge in [-0.05, 0) is 59.7 Å². The first-order valence-corrected chi connectivity index (χ1v) is 14.0. The fourth-order valence-electron chi connectivity index (χ4n) is 4.33. The van der Waals surface area contributed by atoms with Gasteiger partial charge >= 0.3 is 0 Å². The van der Waals surface area contributed by atoms with E-state index >= 15 is 0 Å². The number of allylic oxidation sites excluding steroid dienone is 1. The number of anilines is 1. The molecule has 0 unspecified atom stereocenters. The largest absolute Gasteiger partial charge is 0.486 e. The summed E-state index contributed by atoms with van der Waals surface area (Å²) in [6, 6.07) is 19.0. The highest BCUT2D eigenvalue weighted by molar-refractivity contribution is 7.91. The zero-order valence-corrected chi connectivity index (χ0v) is 21.8. The number of pyridine rings is 1. The Hall–Kier alpha value is -4.31. The second-order valence-electron chi connectivity index (χ2n) is 8.88. The summed E-state index contributed by atoms with van der Waals surface area (Å²) in [6.45, 7) is 0.980. The van der Waals surface area contributed by atoms with Crippen LogP contribution in [0.1, 0.15) is 17.0 Å². The molecule has 0 radical (unpaired) electrons. The number of aliphatic imine (C=N–C) groups is 1. The van der Waals surface area contributed by atoms with Gasteiger partial charge in [0, 0.05) is 55.4 Å². The average Bonchev–Trinajstić information content (AvgIpc) is 2.95. The third-order valence-electron chi connectivity index (χ3n) is 6.35. The number of fused-ring (bicyclic) bond motifs is 1. The molecular weight excluding hydrogens is 500 g/mol. The number of rotatable bonds is 7. The average molecular weight is 529 g/mol. The van der Waals surface area contributed by atoms with Crippen molar-refractivity contribution in [3.8, 4) is 5.75 Å². The zero-order chi connectivity index (χ0) is 26.5. The smallest absolute Gasteiger partial charge is 0.168 e. The number of ether oxygens (including phenoxy) is 1. The Balaban J connectivity index is 1.36. The van der Waals surface area contributed by atoms with E-state index < -0.39 is 9.84 Å². The summed E-state index contributed by atoms with van der Waals surface area (Å²) in [5.41, 5.74) is 10.5. The molecule has 0 amide bonds. The third kappa shape index (κ3) is 5.65. The van der Waals surface area contributed by atoms with E-state index in [1.807, 2.05) is 65.6 Å². The maximum Gasteiger partial charge on any atom is 0.168 e. The highest BCUT2D eigenvalue weighted by Gasteiger charge is 2.24. The summed E-state index contributed by atoms with van der Waals surface area (Å²) in [5.74, 6) is 2.15. The van der Waals surface area contributed by atoms with Gasteiger partial charge in [0.15, 0.2) is 15.7 Å². The fraction of sp³-hybridized carbons (Fsp3) is 0.214. The highest BCUT2D eigenvalue weighted by Crippen LogP contribution is 2.27. The van der Waals surface area contributed by atoms with Gasteiger partial charge in [-0.2, -0.15) is 0 Å². The summed E-state index contributed by atoms with van der Waals surface area (Å²) in [4.78, 5) is 19.7. The highest BCUT2D eigenvalue weighted by atomic mass is 32.2. The zero-order valence-electron chi connectivity index (χ0n) is 21.0. The van der Waals surface area contributed by atoms with Crippen LogP contribution in [0.15, 0.2) is 78.0 Å². The lowest BCUT2D eigenvalue weighted by Crippen LogP contribution is -2.41. The lowest BCUT2D eigenvalue weighted by Gasteiger charge is -2.28. The molecule has 1 aliphatic rings. The molecule has 0 aliphatic carbocycles. The van der Waals surface area contributed by atoms with Crippen LogP contribution in [0.3, 0.4) is 0 Å². The maximum atomic E-state index is 11.9. The van der Waals surface area contributed by atoms with Crippen LogP contribution in [-0.4, -0.2) is 61.2 Å². The first-order chi connectivity index (χ1) is 18.4. The van der Waals surface area contributed by atoms with Crippen molar-refractivity contribution in [3.63, 3.8) is 0 Å². The summed E-state index contributed by atoms with van der Waals surface area (Å²) in [7, 11) is -1.29. The van der Waals surface area contributed by atoms with Gasteiger partial charge in [0.2, 0.25) is 0 Å². The van der Waals surface area contributed by atoms with Crippen LogP contribution in [0.2, 0.25) is 0 Å². The Morgan fingerprint density at radius 1 is 1.00 bits per heavy atom. The van der Waals surface area contributed by atoms with Crippen molar-refractivity contribution in [2.75, 3.05) is 36.5 Å². The van der Waals surface area contributed by atoms with Crippen LogP contribution in [-0.2, 0) is 16.4 Å².